The van der Waals surface area contributed by atoms with E-state index in [2.05, 4.69) is 5.32 Å². The van der Waals surface area contributed by atoms with Crippen LogP contribution in [-0.4, -0.2) is 35.4 Å². The Hall–Kier alpha value is -3.67. The van der Waals surface area contributed by atoms with Crippen LogP contribution in [0.15, 0.2) is 78.9 Å². The van der Waals surface area contributed by atoms with E-state index in [1.807, 2.05) is 69.3 Å². The van der Waals surface area contributed by atoms with Crippen LogP contribution in [0, 0.1) is 12.7 Å². The molecule has 5 nitrogen and oxygen atoms in total. The predicted octanol–water partition coefficient (Wildman–Crippen LogP) is 5.07. The van der Waals surface area contributed by atoms with Gasteiger partial charge in [-0.3, -0.25) is 9.59 Å². The second-order valence-electron chi connectivity index (χ2n) is 8.69. The monoisotopic (exact) mass is 476 g/mol. The van der Waals surface area contributed by atoms with Crippen LogP contribution < -0.4 is 10.1 Å². The number of nitrogens with zero attached hydrogens (tertiary/aromatic N) is 1. The SMILES string of the molecule is CC[C@@H](C)NC(=O)[C@@H](Cc1ccccc1)N(Cc1ccccc1F)C(=O)COc1ccccc1C. The Morgan fingerprint density at radius 1 is 0.971 bits per heavy atom. The van der Waals surface area contributed by atoms with Gasteiger partial charge in [-0.1, -0.05) is 73.7 Å². The molecule has 2 atom stereocenters. The van der Waals surface area contributed by atoms with Gasteiger partial charge in [0.2, 0.25) is 5.91 Å². The lowest BCUT2D eigenvalue weighted by Crippen LogP contribution is -2.53. The highest BCUT2D eigenvalue weighted by Gasteiger charge is 2.31. The molecular weight excluding hydrogens is 443 g/mol. The number of rotatable bonds is 11. The molecule has 184 valence electrons. The van der Waals surface area contributed by atoms with E-state index >= 15 is 0 Å². The van der Waals surface area contributed by atoms with Crippen molar-refractivity contribution in [2.24, 2.45) is 0 Å². The highest BCUT2D eigenvalue weighted by atomic mass is 19.1. The van der Waals surface area contributed by atoms with E-state index < -0.39 is 17.8 Å². The fraction of sp³-hybridized carbons (Fsp3) is 0.310. The van der Waals surface area contributed by atoms with E-state index in [9.17, 15) is 14.0 Å². The maximum Gasteiger partial charge on any atom is 0.261 e. The van der Waals surface area contributed by atoms with E-state index in [1.165, 1.54) is 11.0 Å². The first-order valence-electron chi connectivity index (χ1n) is 11.9. The molecule has 0 aliphatic rings. The molecule has 0 spiro atoms. The number of amides is 2. The van der Waals surface area contributed by atoms with Crippen molar-refractivity contribution < 1.29 is 18.7 Å². The molecule has 1 N–H and O–H groups in total. The van der Waals surface area contributed by atoms with Gasteiger partial charge in [-0.2, -0.15) is 0 Å². The van der Waals surface area contributed by atoms with Gasteiger partial charge in [-0.15, -0.1) is 0 Å². The molecule has 0 heterocycles. The minimum atomic E-state index is -0.834. The van der Waals surface area contributed by atoms with Crippen LogP contribution in [0.1, 0.15) is 37.0 Å². The van der Waals surface area contributed by atoms with E-state index in [0.29, 0.717) is 17.7 Å². The molecular formula is C29H33FN2O3. The summed E-state index contributed by atoms with van der Waals surface area (Å²) in [6.45, 7) is 5.49. The second kappa shape index (κ2) is 12.7. The molecule has 0 radical (unpaired) electrons. The summed E-state index contributed by atoms with van der Waals surface area (Å²) in [5.41, 5.74) is 2.14. The maximum atomic E-state index is 14.6. The first-order chi connectivity index (χ1) is 16.9. The van der Waals surface area contributed by atoms with Gasteiger partial charge in [0, 0.05) is 24.6 Å². The summed E-state index contributed by atoms with van der Waals surface area (Å²) in [4.78, 5) is 28.4. The number of nitrogens with one attached hydrogen (secondary N) is 1. The van der Waals surface area contributed by atoms with E-state index in [4.69, 9.17) is 4.74 Å². The Balaban J connectivity index is 1.93. The lowest BCUT2D eigenvalue weighted by atomic mass is 10.0. The molecule has 0 saturated heterocycles. The van der Waals surface area contributed by atoms with Crippen molar-refractivity contribution in [3.8, 4) is 5.75 Å². The second-order valence-corrected chi connectivity index (χ2v) is 8.69. The van der Waals surface area contributed by atoms with Crippen LogP contribution in [-0.2, 0) is 22.6 Å². The minimum absolute atomic E-state index is 0.0476. The van der Waals surface area contributed by atoms with E-state index in [1.54, 1.807) is 24.3 Å². The normalized spacial score (nSPS) is 12.5. The number of para-hydroxylation sites is 1. The smallest absolute Gasteiger partial charge is 0.261 e. The number of aryl methyl sites for hydroxylation is 1. The Morgan fingerprint density at radius 2 is 1.63 bits per heavy atom. The van der Waals surface area contributed by atoms with Crippen molar-refractivity contribution in [2.75, 3.05) is 6.61 Å². The Kier molecular flexibility index (Phi) is 9.41. The predicted molar refractivity (Wildman–Crippen MR) is 135 cm³/mol. The standard InChI is InChI=1S/C29H33FN2O3/c1-4-22(3)31-29(34)26(18-23-13-6-5-7-14-23)32(19-24-15-9-10-16-25(24)30)28(33)20-35-27-17-11-8-12-21(27)2/h5-17,22,26H,4,18-20H2,1-3H3,(H,31,34)/t22-,26-/m1/s1. The topological polar surface area (TPSA) is 58.6 Å². The molecule has 2 amide bonds. The molecule has 0 aliphatic heterocycles. The highest BCUT2D eigenvalue weighted by Crippen LogP contribution is 2.19. The zero-order valence-electron chi connectivity index (χ0n) is 20.5. The van der Waals surface area contributed by atoms with Crippen LogP contribution in [0.25, 0.3) is 0 Å². The van der Waals surface area contributed by atoms with Gasteiger partial charge < -0.3 is 15.0 Å². The van der Waals surface area contributed by atoms with E-state index in [0.717, 1.165) is 17.5 Å². The molecule has 3 aromatic carbocycles. The molecule has 3 aromatic rings. The summed E-state index contributed by atoms with van der Waals surface area (Å²) < 4.78 is 20.4. The highest BCUT2D eigenvalue weighted by molar-refractivity contribution is 5.88. The summed E-state index contributed by atoms with van der Waals surface area (Å²) in [5.74, 6) is -0.498. The minimum Gasteiger partial charge on any atom is -0.484 e. The summed E-state index contributed by atoms with van der Waals surface area (Å²) >= 11 is 0. The van der Waals surface area contributed by atoms with Gasteiger partial charge in [0.1, 0.15) is 17.6 Å². The fourth-order valence-electron chi connectivity index (χ4n) is 3.75. The van der Waals surface area contributed by atoms with Crippen molar-refractivity contribution in [3.63, 3.8) is 0 Å². The number of ether oxygens (including phenoxy) is 1. The van der Waals surface area contributed by atoms with Crippen LogP contribution >= 0.6 is 0 Å². The quantitative estimate of drug-likeness (QED) is 0.421. The zero-order chi connectivity index (χ0) is 25.2. The fourth-order valence-corrected chi connectivity index (χ4v) is 3.75. The number of hydrogen-bond acceptors (Lipinski definition) is 3. The third-order valence-electron chi connectivity index (χ3n) is 6.02. The van der Waals surface area contributed by atoms with Gasteiger partial charge >= 0.3 is 0 Å². The third kappa shape index (κ3) is 7.41. The molecule has 6 heteroatoms. The van der Waals surface area contributed by atoms with Gasteiger partial charge in [-0.25, -0.2) is 4.39 Å². The molecule has 0 fully saturated rings. The summed E-state index contributed by atoms with van der Waals surface area (Å²) in [5, 5.41) is 3.00. The molecule has 0 aliphatic carbocycles. The van der Waals surface area contributed by atoms with Crippen molar-refractivity contribution in [1.29, 1.82) is 0 Å². The number of halogens is 1. The molecule has 0 aromatic heterocycles. The van der Waals surface area contributed by atoms with Gasteiger partial charge in [-0.05, 0) is 43.5 Å². The van der Waals surface area contributed by atoms with E-state index in [-0.39, 0.29) is 25.1 Å². The van der Waals surface area contributed by atoms with Crippen molar-refractivity contribution in [2.45, 2.75) is 52.2 Å². The van der Waals surface area contributed by atoms with Crippen molar-refractivity contribution in [1.82, 2.24) is 10.2 Å². The molecule has 3 rings (SSSR count). The van der Waals surface area contributed by atoms with Crippen LogP contribution in [0.4, 0.5) is 4.39 Å². The largest absolute Gasteiger partial charge is 0.484 e. The zero-order valence-corrected chi connectivity index (χ0v) is 20.5. The molecule has 35 heavy (non-hydrogen) atoms. The van der Waals surface area contributed by atoms with Crippen molar-refractivity contribution in [3.05, 3.63) is 101 Å². The Morgan fingerprint density at radius 3 is 2.31 bits per heavy atom. The van der Waals surface area contributed by atoms with Crippen LogP contribution in [0.2, 0.25) is 0 Å². The maximum absolute atomic E-state index is 14.6. The van der Waals surface area contributed by atoms with Crippen LogP contribution in [0.3, 0.4) is 0 Å². The summed E-state index contributed by atoms with van der Waals surface area (Å²) in [7, 11) is 0. The first-order valence-corrected chi connectivity index (χ1v) is 11.9. The number of hydrogen-bond donors (Lipinski definition) is 1. The lowest BCUT2D eigenvalue weighted by Gasteiger charge is -2.32. The Bertz CT molecular complexity index is 1120. The molecule has 0 bridgehead atoms. The summed E-state index contributed by atoms with van der Waals surface area (Å²) in [6, 6.07) is 22.3. The number of carbonyl (C=O) groups is 2. The van der Waals surface area contributed by atoms with Gasteiger partial charge in [0.15, 0.2) is 6.61 Å². The lowest BCUT2D eigenvalue weighted by molar-refractivity contribution is -0.143. The average molecular weight is 477 g/mol. The molecule has 0 unspecified atom stereocenters. The number of benzene rings is 3. The number of carbonyl (C=O) groups excluding carboxylic acids is 2. The van der Waals surface area contributed by atoms with Crippen LogP contribution in [0.5, 0.6) is 5.75 Å². The van der Waals surface area contributed by atoms with Crippen molar-refractivity contribution >= 4 is 11.8 Å². The average Bonchev–Trinajstić information content (AvgIpc) is 2.87. The van der Waals surface area contributed by atoms with Gasteiger partial charge in [0.05, 0.1) is 0 Å². The Labute approximate surface area is 206 Å². The third-order valence-corrected chi connectivity index (χ3v) is 6.02. The summed E-state index contributed by atoms with van der Waals surface area (Å²) in [6.07, 6.45) is 1.05. The first kappa shape index (κ1) is 25.9. The molecule has 0 saturated carbocycles. The van der Waals surface area contributed by atoms with Gasteiger partial charge in [0.25, 0.3) is 5.91 Å².